The molecule has 1 aromatic rings. The third-order valence-corrected chi connectivity index (χ3v) is 5.08. The van der Waals surface area contributed by atoms with Crippen LogP contribution in [0.2, 0.25) is 0 Å². The average molecular weight is 461 g/mol. The number of piperazine rings is 1. The van der Waals surface area contributed by atoms with Crippen molar-refractivity contribution in [3.05, 3.63) is 29.6 Å². The molecule has 0 aliphatic carbocycles. The third kappa shape index (κ3) is 6.60. The van der Waals surface area contributed by atoms with Crippen LogP contribution in [0.4, 0.5) is 23.2 Å². The first kappa shape index (κ1) is 25.7. The predicted octanol–water partition coefficient (Wildman–Crippen LogP) is 2.84. The normalized spacial score (nSPS) is 18.6. The molecule has 2 aliphatic rings. The van der Waals surface area contributed by atoms with Gasteiger partial charge in [0.05, 0.1) is 5.69 Å². The first-order valence-corrected chi connectivity index (χ1v) is 9.20. The molecule has 2 heterocycles. The Kier molecular flexibility index (Phi) is 9.94. The molecule has 11 heteroatoms. The summed E-state index contributed by atoms with van der Waals surface area (Å²) in [6.45, 7) is 2.45. The first-order chi connectivity index (χ1) is 12.9. The molecule has 1 aromatic carbocycles. The van der Waals surface area contributed by atoms with Gasteiger partial charge in [-0.2, -0.15) is 13.2 Å². The summed E-state index contributed by atoms with van der Waals surface area (Å²) in [4.78, 5) is 15.5. The summed E-state index contributed by atoms with van der Waals surface area (Å²) < 4.78 is 54.4. The second kappa shape index (κ2) is 11.2. The number of carbonyl (C=O) groups is 1. The Hall–Kier alpha value is -1.29. The molecular weight excluding hydrogens is 435 g/mol. The Balaban J connectivity index is 0.00000210. The quantitative estimate of drug-likeness (QED) is 0.663. The van der Waals surface area contributed by atoms with Crippen molar-refractivity contribution in [2.24, 2.45) is 0 Å². The van der Waals surface area contributed by atoms with Crippen LogP contribution in [0, 0.1) is 5.82 Å². The number of hydrogen-bond acceptors (Lipinski definition) is 4. The van der Waals surface area contributed by atoms with Crippen LogP contribution in [0.1, 0.15) is 23.2 Å². The van der Waals surface area contributed by atoms with Crippen LogP contribution >= 0.6 is 24.8 Å². The summed E-state index contributed by atoms with van der Waals surface area (Å²) in [5.41, 5.74) is 0.453. The number of benzene rings is 1. The van der Waals surface area contributed by atoms with Crippen molar-refractivity contribution in [3.63, 3.8) is 0 Å². The highest BCUT2D eigenvalue weighted by atomic mass is 35.5. The molecule has 3 rings (SSSR count). The van der Waals surface area contributed by atoms with E-state index < -0.39 is 30.5 Å². The fourth-order valence-electron chi connectivity index (χ4n) is 3.60. The molecule has 0 saturated carbocycles. The zero-order valence-electron chi connectivity index (χ0n) is 15.8. The highest BCUT2D eigenvalue weighted by Crippen LogP contribution is 2.26. The summed E-state index contributed by atoms with van der Waals surface area (Å²) in [5.74, 6) is -1.23. The van der Waals surface area contributed by atoms with Gasteiger partial charge in [-0.15, -0.1) is 24.8 Å². The van der Waals surface area contributed by atoms with E-state index >= 15 is 0 Å². The smallest absolute Gasteiger partial charge is 0.369 e. The average Bonchev–Trinajstić information content (AvgIpc) is 3.15. The van der Waals surface area contributed by atoms with Gasteiger partial charge in [-0.05, 0) is 31.0 Å². The number of nitrogens with zero attached hydrogens (tertiary/aromatic N) is 2. The minimum Gasteiger partial charge on any atom is -0.369 e. The van der Waals surface area contributed by atoms with Gasteiger partial charge in [-0.25, -0.2) is 4.39 Å². The summed E-state index contributed by atoms with van der Waals surface area (Å²) >= 11 is 0. The molecule has 0 aromatic heterocycles. The van der Waals surface area contributed by atoms with Crippen LogP contribution in [0.3, 0.4) is 0 Å². The molecule has 0 spiro atoms. The van der Waals surface area contributed by atoms with Gasteiger partial charge in [0.1, 0.15) is 11.9 Å². The van der Waals surface area contributed by atoms with E-state index in [2.05, 4.69) is 10.6 Å². The van der Waals surface area contributed by atoms with E-state index in [1.165, 1.54) is 17.0 Å². The van der Waals surface area contributed by atoms with Gasteiger partial charge in [0.2, 0.25) is 0 Å². The molecule has 2 saturated heterocycles. The lowest BCUT2D eigenvalue weighted by Crippen LogP contribution is -2.57. The molecule has 1 amide bonds. The van der Waals surface area contributed by atoms with Crippen molar-refractivity contribution in [3.8, 4) is 0 Å². The van der Waals surface area contributed by atoms with Crippen molar-refractivity contribution in [1.29, 1.82) is 0 Å². The number of halogens is 6. The molecular formula is C18H26Cl2F4N4O. The number of amides is 1. The van der Waals surface area contributed by atoms with Gasteiger partial charge in [0, 0.05) is 51.4 Å². The van der Waals surface area contributed by atoms with Crippen LogP contribution in [0.25, 0.3) is 0 Å². The molecule has 2 fully saturated rings. The van der Waals surface area contributed by atoms with Crippen molar-refractivity contribution in [2.45, 2.75) is 25.1 Å². The number of rotatable bonds is 5. The molecule has 166 valence electrons. The van der Waals surface area contributed by atoms with E-state index in [-0.39, 0.29) is 43.5 Å². The van der Waals surface area contributed by atoms with Crippen LogP contribution < -0.4 is 15.5 Å². The number of nitrogens with one attached hydrogen (secondary N) is 2. The maximum Gasteiger partial charge on any atom is 0.405 e. The maximum atomic E-state index is 14.3. The topological polar surface area (TPSA) is 47.6 Å². The number of hydrogen-bond donors (Lipinski definition) is 2. The number of alkyl halides is 3. The molecule has 5 nitrogen and oxygen atoms in total. The monoisotopic (exact) mass is 460 g/mol. The number of anilines is 1. The second-order valence-corrected chi connectivity index (χ2v) is 6.91. The van der Waals surface area contributed by atoms with Gasteiger partial charge in [0.15, 0.2) is 0 Å². The van der Waals surface area contributed by atoms with Crippen molar-refractivity contribution >= 4 is 36.4 Å². The van der Waals surface area contributed by atoms with Crippen molar-refractivity contribution in [2.75, 3.05) is 50.7 Å². The van der Waals surface area contributed by atoms with E-state index in [4.69, 9.17) is 0 Å². The van der Waals surface area contributed by atoms with E-state index in [0.29, 0.717) is 18.8 Å². The van der Waals surface area contributed by atoms with Crippen LogP contribution in [-0.4, -0.2) is 68.8 Å². The Labute approximate surface area is 180 Å². The number of carbonyl (C=O) groups excluding carboxylic acids is 1. The van der Waals surface area contributed by atoms with E-state index in [1.54, 1.807) is 0 Å². The standard InChI is InChI=1S/C18H24F4N4O.2ClH/c19-14-11-13(3-4-15(14)25-7-1-2-8-25)17(27)24-12-16(18(20,21)22)26-9-5-23-6-10-26;;/h3-4,11,16,23H,1-2,5-10,12H2,(H,24,27);2*1H. The molecule has 29 heavy (non-hydrogen) atoms. The summed E-state index contributed by atoms with van der Waals surface area (Å²) in [6.07, 6.45) is -2.46. The minimum absolute atomic E-state index is 0. The molecule has 2 N–H and O–H groups in total. The Morgan fingerprint density at radius 3 is 2.28 bits per heavy atom. The van der Waals surface area contributed by atoms with Crippen LogP contribution in [0.15, 0.2) is 18.2 Å². The van der Waals surface area contributed by atoms with E-state index in [9.17, 15) is 22.4 Å². The van der Waals surface area contributed by atoms with Crippen LogP contribution in [-0.2, 0) is 0 Å². The fraction of sp³-hybridized carbons (Fsp3) is 0.611. The zero-order valence-corrected chi connectivity index (χ0v) is 17.4. The summed E-state index contributed by atoms with van der Waals surface area (Å²) in [5, 5.41) is 5.32. The third-order valence-electron chi connectivity index (χ3n) is 5.08. The highest BCUT2D eigenvalue weighted by Gasteiger charge is 2.43. The lowest BCUT2D eigenvalue weighted by molar-refractivity contribution is -0.183. The predicted molar refractivity (Wildman–Crippen MR) is 109 cm³/mol. The lowest BCUT2D eigenvalue weighted by Gasteiger charge is -2.35. The SMILES string of the molecule is Cl.Cl.O=C(NCC(N1CCNCC1)C(F)(F)F)c1ccc(N2CCCC2)c(F)c1. The maximum absolute atomic E-state index is 14.3. The van der Waals surface area contributed by atoms with Gasteiger partial charge < -0.3 is 15.5 Å². The molecule has 0 bridgehead atoms. The first-order valence-electron chi connectivity index (χ1n) is 9.20. The minimum atomic E-state index is -4.45. The Morgan fingerprint density at radius 1 is 1.10 bits per heavy atom. The highest BCUT2D eigenvalue weighted by molar-refractivity contribution is 5.94. The molecule has 1 atom stereocenters. The van der Waals surface area contributed by atoms with Gasteiger partial charge in [-0.3, -0.25) is 9.69 Å². The van der Waals surface area contributed by atoms with Gasteiger partial charge in [-0.1, -0.05) is 0 Å². The fourth-order valence-corrected chi connectivity index (χ4v) is 3.60. The molecule has 0 radical (unpaired) electrons. The van der Waals surface area contributed by atoms with Crippen LogP contribution in [0.5, 0.6) is 0 Å². The molecule has 2 aliphatic heterocycles. The van der Waals surface area contributed by atoms with E-state index in [0.717, 1.165) is 32.0 Å². The van der Waals surface area contributed by atoms with Gasteiger partial charge in [0.25, 0.3) is 5.91 Å². The second-order valence-electron chi connectivity index (χ2n) is 6.91. The Morgan fingerprint density at radius 2 is 1.72 bits per heavy atom. The molecule has 1 unspecified atom stereocenters. The summed E-state index contributed by atoms with van der Waals surface area (Å²) in [6, 6.07) is 2.32. The van der Waals surface area contributed by atoms with Gasteiger partial charge >= 0.3 is 6.18 Å². The summed E-state index contributed by atoms with van der Waals surface area (Å²) in [7, 11) is 0. The van der Waals surface area contributed by atoms with Crippen molar-refractivity contribution < 1.29 is 22.4 Å². The largest absolute Gasteiger partial charge is 0.405 e. The Bertz CT molecular complexity index is 666. The van der Waals surface area contributed by atoms with E-state index in [1.807, 2.05) is 4.90 Å². The lowest BCUT2D eigenvalue weighted by atomic mass is 10.1. The zero-order chi connectivity index (χ0) is 19.4. The van der Waals surface area contributed by atoms with Crippen molar-refractivity contribution in [1.82, 2.24) is 15.5 Å².